The van der Waals surface area contributed by atoms with Crippen molar-refractivity contribution >= 4 is 28.4 Å². The monoisotopic (exact) mass is 321 g/mol. The van der Waals surface area contributed by atoms with Crippen molar-refractivity contribution in [1.29, 1.82) is 0 Å². The normalized spacial score (nSPS) is 12.0. The number of hydrogen-bond donors (Lipinski definition) is 1. The third-order valence-electron chi connectivity index (χ3n) is 3.77. The minimum absolute atomic E-state index is 0.0286. The van der Waals surface area contributed by atoms with Crippen LogP contribution in [0, 0.1) is 0 Å². The number of rotatable bonds is 5. The number of thioether (sulfide) groups is 1. The Balaban J connectivity index is 1.57. The topological polar surface area (TPSA) is 29.1 Å². The van der Waals surface area contributed by atoms with Gasteiger partial charge in [-0.3, -0.25) is 4.79 Å². The van der Waals surface area contributed by atoms with Gasteiger partial charge < -0.3 is 5.32 Å². The SMILES string of the molecule is CC(NC(=O)CSc1ccc2ccccc2c1)c1ccccc1. The van der Waals surface area contributed by atoms with E-state index in [9.17, 15) is 4.79 Å². The maximum Gasteiger partial charge on any atom is 0.230 e. The Labute approximate surface area is 140 Å². The molecule has 0 fully saturated rings. The molecule has 2 nitrogen and oxygen atoms in total. The van der Waals surface area contributed by atoms with Gasteiger partial charge in [0.1, 0.15) is 0 Å². The van der Waals surface area contributed by atoms with Gasteiger partial charge in [0.2, 0.25) is 5.91 Å². The van der Waals surface area contributed by atoms with Gasteiger partial charge in [-0.25, -0.2) is 0 Å². The molecular weight excluding hydrogens is 302 g/mol. The summed E-state index contributed by atoms with van der Waals surface area (Å²) in [6.07, 6.45) is 0. The largest absolute Gasteiger partial charge is 0.349 e. The van der Waals surface area contributed by atoms with Crippen molar-refractivity contribution in [3.63, 3.8) is 0 Å². The van der Waals surface area contributed by atoms with Crippen molar-refractivity contribution in [2.24, 2.45) is 0 Å². The lowest BCUT2D eigenvalue weighted by Crippen LogP contribution is -2.28. The molecule has 0 aliphatic rings. The molecule has 0 radical (unpaired) electrons. The van der Waals surface area contributed by atoms with E-state index in [2.05, 4.69) is 35.6 Å². The molecule has 0 aliphatic heterocycles. The van der Waals surface area contributed by atoms with Crippen LogP contribution in [0.3, 0.4) is 0 Å². The third kappa shape index (κ3) is 4.14. The average Bonchev–Trinajstić information content (AvgIpc) is 2.60. The van der Waals surface area contributed by atoms with Crippen LogP contribution < -0.4 is 5.32 Å². The van der Waals surface area contributed by atoms with Gasteiger partial charge >= 0.3 is 0 Å². The molecular formula is C20H19NOS. The lowest BCUT2D eigenvalue weighted by molar-refractivity contribution is -0.119. The van der Waals surface area contributed by atoms with Crippen LogP contribution in [0.4, 0.5) is 0 Å². The van der Waals surface area contributed by atoms with Gasteiger partial charge in [0.05, 0.1) is 11.8 Å². The first kappa shape index (κ1) is 15.6. The smallest absolute Gasteiger partial charge is 0.230 e. The molecule has 116 valence electrons. The highest BCUT2D eigenvalue weighted by Gasteiger charge is 2.09. The molecule has 1 amide bonds. The van der Waals surface area contributed by atoms with Crippen molar-refractivity contribution in [3.05, 3.63) is 78.4 Å². The van der Waals surface area contributed by atoms with Gasteiger partial charge in [-0.1, -0.05) is 60.7 Å². The van der Waals surface area contributed by atoms with E-state index in [1.165, 1.54) is 10.8 Å². The fourth-order valence-corrected chi connectivity index (χ4v) is 3.27. The molecule has 3 heteroatoms. The Morgan fingerprint density at radius 3 is 2.43 bits per heavy atom. The quantitative estimate of drug-likeness (QED) is 0.683. The fraction of sp³-hybridized carbons (Fsp3) is 0.150. The Morgan fingerprint density at radius 1 is 0.957 bits per heavy atom. The number of fused-ring (bicyclic) bond motifs is 1. The summed E-state index contributed by atoms with van der Waals surface area (Å²) in [5, 5.41) is 5.47. The molecule has 0 spiro atoms. The summed E-state index contributed by atoms with van der Waals surface area (Å²) >= 11 is 1.57. The molecule has 1 atom stereocenters. The summed E-state index contributed by atoms with van der Waals surface area (Å²) in [7, 11) is 0. The van der Waals surface area contributed by atoms with Gasteiger partial charge in [0.15, 0.2) is 0 Å². The zero-order valence-electron chi connectivity index (χ0n) is 13.0. The molecule has 3 aromatic carbocycles. The van der Waals surface area contributed by atoms with E-state index in [4.69, 9.17) is 0 Å². The predicted octanol–water partition coefficient (Wildman–Crippen LogP) is 4.81. The number of hydrogen-bond acceptors (Lipinski definition) is 2. The second kappa shape index (κ2) is 7.34. The number of nitrogens with one attached hydrogen (secondary N) is 1. The Kier molecular flexibility index (Phi) is 4.99. The van der Waals surface area contributed by atoms with Crippen LogP contribution in [0.25, 0.3) is 10.8 Å². The summed E-state index contributed by atoms with van der Waals surface area (Å²) < 4.78 is 0. The Morgan fingerprint density at radius 2 is 1.65 bits per heavy atom. The maximum absolute atomic E-state index is 12.1. The van der Waals surface area contributed by atoms with E-state index in [1.54, 1.807) is 11.8 Å². The highest BCUT2D eigenvalue weighted by atomic mass is 32.2. The number of amides is 1. The minimum atomic E-state index is 0.0286. The van der Waals surface area contributed by atoms with Crippen LogP contribution in [-0.2, 0) is 4.79 Å². The maximum atomic E-state index is 12.1. The molecule has 0 aliphatic carbocycles. The van der Waals surface area contributed by atoms with Crippen LogP contribution in [-0.4, -0.2) is 11.7 Å². The minimum Gasteiger partial charge on any atom is -0.349 e. The second-order valence-corrected chi connectivity index (χ2v) is 6.55. The number of carbonyl (C=O) groups is 1. The molecule has 1 unspecified atom stereocenters. The summed E-state index contributed by atoms with van der Waals surface area (Å²) in [4.78, 5) is 13.2. The van der Waals surface area contributed by atoms with Gasteiger partial charge in [-0.2, -0.15) is 0 Å². The van der Waals surface area contributed by atoms with Crippen molar-refractivity contribution < 1.29 is 4.79 Å². The Bertz CT molecular complexity index is 801. The molecule has 0 saturated carbocycles. The van der Waals surface area contributed by atoms with E-state index in [-0.39, 0.29) is 11.9 Å². The Hall–Kier alpha value is -2.26. The van der Waals surface area contributed by atoms with E-state index in [0.717, 1.165) is 10.5 Å². The van der Waals surface area contributed by atoms with Crippen LogP contribution in [0.5, 0.6) is 0 Å². The molecule has 0 heterocycles. The van der Waals surface area contributed by atoms with Crippen molar-refractivity contribution in [3.8, 4) is 0 Å². The molecule has 0 aromatic heterocycles. The molecule has 0 bridgehead atoms. The summed E-state index contributed by atoms with van der Waals surface area (Å²) in [6, 6.07) is 24.6. The van der Waals surface area contributed by atoms with E-state index < -0.39 is 0 Å². The van der Waals surface area contributed by atoms with Crippen molar-refractivity contribution in [2.75, 3.05) is 5.75 Å². The highest BCUT2D eigenvalue weighted by Crippen LogP contribution is 2.23. The molecule has 3 aromatic rings. The lowest BCUT2D eigenvalue weighted by atomic mass is 10.1. The molecule has 0 saturated heterocycles. The summed E-state index contributed by atoms with van der Waals surface area (Å²) in [6.45, 7) is 2.01. The first-order valence-electron chi connectivity index (χ1n) is 7.68. The highest BCUT2D eigenvalue weighted by molar-refractivity contribution is 8.00. The van der Waals surface area contributed by atoms with Crippen LogP contribution in [0.2, 0.25) is 0 Å². The average molecular weight is 321 g/mol. The predicted molar refractivity (Wildman–Crippen MR) is 97.7 cm³/mol. The van der Waals surface area contributed by atoms with E-state index >= 15 is 0 Å². The number of carbonyl (C=O) groups excluding carboxylic acids is 1. The second-order valence-electron chi connectivity index (χ2n) is 5.50. The molecule has 3 rings (SSSR count). The van der Waals surface area contributed by atoms with Gasteiger partial charge in [0.25, 0.3) is 0 Å². The number of benzene rings is 3. The van der Waals surface area contributed by atoms with Crippen LogP contribution in [0.15, 0.2) is 77.7 Å². The first-order chi connectivity index (χ1) is 11.2. The van der Waals surface area contributed by atoms with Gasteiger partial charge in [-0.15, -0.1) is 11.8 Å². The van der Waals surface area contributed by atoms with E-state index in [1.807, 2.05) is 49.4 Å². The fourth-order valence-electron chi connectivity index (χ4n) is 2.51. The third-order valence-corrected chi connectivity index (χ3v) is 4.76. The molecule has 1 N–H and O–H groups in total. The zero-order chi connectivity index (χ0) is 16.1. The van der Waals surface area contributed by atoms with Crippen molar-refractivity contribution in [2.45, 2.75) is 17.9 Å². The first-order valence-corrected chi connectivity index (χ1v) is 8.67. The van der Waals surface area contributed by atoms with Gasteiger partial charge in [0, 0.05) is 4.90 Å². The lowest BCUT2D eigenvalue weighted by Gasteiger charge is -2.14. The van der Waals surface area contributed by atoms with Crippen LogP contribution in [0.1, 0.15) is 18.5 Å². The molecule has 23 heavy (non-hydrogen) atoms. The summed E-state index contributed by atoms with van der Waals surface area (Å²) in [5.74, 6) is 0.481. The van der Waals surface area contributed by atoms with Gasteiger partial charge in [-0.05, 0) is 35.4 Å². The van der Waals surface area contributed by atoms with Crippen LogP contribution >= 0.6 is 11.8 Å². The van der Waals surface area contributed by atoms with E-state index in [0.29, 0.717) is 5.75 Å². The van der Waals surface area contributed by atoms with Crippen molar-refractivity contribution in [1.82, 2.24) is 5.32 Å². The zero-order valence-corrected chi connectivity index (χ0v) is 13.8. The standard InChI is InChI=1S/C20H19NOS/c1-15(16-7-3-2-4-8-16)21-20(22)14-23-19-12-11-17-9-5-6-10-18(17)13-19/h2-13,15H,14H2,1H3,(H,21,22). The summed E-state index contributed by atoms with van der Waals surface area (Å²) in [5.41, 5.74) is 1.12.